The molecule has 0 saturated heterocycles. The highest BCUT2D eigenvalue weighted by molar-refractivity contribution is 5.82. The van der Waals surface area contributed by atoms with E-state index in [1.165, 1.54) is 36.4 Å². The van der Waals surface area contributed by atoms with Crippen molar-refractivity contribution < 1.29 is 32.7 Å². The Morgan fingerprint density at radius 3 is 2.30 bits per heavy atom. The lowest BCUT2D eigenvalue weighted by Gasteiger charge is -2.12. The van der Waals surface area contributed by atoms with E-state index in [-0.39, 0.29) is 36.1 Å². The van der Waals surface area contributed by atoms with Crippen LogP contribution in [0.3, 0.4) is 0 Å². The average Bonchev–Trinajstić information content (AvgIpc) is 3.64. The predicted octanol–water partition coefficient (Wildman–Crippen LogP) is 4.45. The fourth-order valence-electron chi connectivity index (χ4n) is 4.01. The van der Waals surface area contributed by atoms with Crippen LogP contribution >= 0.6 is 0 Å². The van der Waals surface area contributed by atoms with Crippen LogP contribution in [0.4, 0.5) is 13.2 Å². The van der Waals surface area contributed by atoms with E-state index in [0.29, 0.717) is 11.1 Å². The molecular formula is C28H22F3N5O4. The Bertz CT molecular complexity index is 1600. The number of carbonyl (C=O) groups excluding carboxylic acids is 1. The van der Waals surface area contributed by atoms with Gasteiger partial charge in [0.2, 0.25) is 5.82 Å². The number of carbonyl (C=O) groups is 1. The second-order valence-electron chi connectivity index (χ2n) is 8.79. The number of para-hydroxylation sites is 1. The molecule has 3 N–H and O–H groups in total. The first-order valence-corrected chi connectivity index (χ1v) is 12.0. The maximum absolute atomic E-state index is 14.0. The summed E-state index contributed by atoms with van der Waals surface area (Å²) in [4.78, 5) is 16.6. The molecule has 0 saturated carbocycles. The highest BCUT2D eigenvalue weighted by Crippen LogP contribution is 2.38. The molecule has 0 aliphatic rings. The molecule has 2 heterocycles. The van der Waals surface area contributed by atoms with Gasteiger partial charge in [-0.2, -0.15) is 23.3 Å². The van der Waals surface area contributed by atoms with Crippen molar-refractivity contribution in [3.63, 3.8) is 0 Å². The highest BCUT2D eigenvalue weighted by atomic mass is 19.4. The molecule has 0 spiro atoms. The number of rotatable bonds is 8. The van der Waals surface area contributed by atoms with E-state index < -0.39 is 23.9 Å². The van der Waals surface area contributed by atoms with Gasteiger partial charge < -0.3 is 20.1 Å². The number of alkyl halides is 3. The first kappa shape index (κ1) is 26.8. The van der Waals surface area contributed by atoms with E-state index >= 15 is 0 Å². The Morgan fingerprint density at radius 2 is 1.65 bits per heavy atom. The van der Waals surface area contributed by atoms with Crippen LogP contribution < -0.4 is 5.32 Å². The van der Waals surface area contributed by atoms with Gasteiger partial charge in [-0.05, 0) is 28.8 Å². The van der Waals surface area contributed by atoms with Crippen molar-refractivity contribution in [3.8, 4) is 28.5 Å². The SMILES string of the molecule is O=C(NCc1ccc(CO)cc1)C(O)c1ccc(-c2noc(-c3cnn(-c4ccccc4)c3C(F)(F)F)n2)cc1. The Hall–Kier alpha value is -4.81. The molecule has 3 aromatic carbocycles. The molecule has 1 amide bonds. The first-order valence-electron chi connectivity index (χ1n) is 12.0. The van der Waals surface area contributed by atoms with Crippen LogP contribution in [0.25, 0.3) is 28.5 Å². The van der Waals surface area contributed by atoms with Gasteiger partial charge in [-0.3, -0.25) is 4.79 Å². The summed E-state index contributed by atoms with van der Waals surface area (Å²) in [5.41, 5.74) is 1.03. The minimum Gasteiger partial charge on any atom is -0.392 e. The summed E-state index contributed by atoms with van der Waals surface area (Å²) in [6.07, 6.45) is -5.19. The third-order valence-electron chi connectivity index (χ3n) is 6.10. The number of aliphatic hydroxyl groups is 2. The van der Waals surface area contributed by atoms with Crippen LogP contribution in [-0.4, -0.2) is 36.0 Å². The van der Waals surface area contributed by atoms with E-state index in [4.69, 9.17) is 9.63 Å². The lowest BCUT2D eigenvalue weighted by atomic mass is 10.1. The summed E-state index contributed by atoms with van der Waals surface area (Å²) in [5.74, 6) is -0.955. The second kappa shape index (κ2) is 11.1. The summed E-state index contributed by atoms with van der Waals surface area (Å²) in [5, 5.41) is 29.9. The number of nitrogens with zero attached hydrogens (tertiary/aromatic N) is 4. The molecule has 0 aliphatic carbocycles. The van der Waals surface area contributed by atoms with Crippen molar-refractivity contribution >= 4 is 5.91 Å². The molecular weight excluding hydrogens is 527 g/mol. The summed E-state index contributed by atoms with van der Waals surface area (Å²) in [6, 6.07) is 20.9. The van der Waals surface area contributed by atoms with E-state index in [0.717, 1.165) is 22.0 Å². The summed E-state index contributed by atoms with van der Waals surface area (Å²) in [6.45, 7) is 0.103. The zero-order chi connectivity index (χ0) is 28.3. The summed E-state index contributed by atoms with van der Waals surface area (Å²) >= 11 is 0. The van der Waals surface area contributed by atoms with Crippen LogP contribution in [0.5, 0.6) is 0 Å². The zero-order valence-corrected chi connectivity index (χ0v) is 20.7. The Balaban J connectivity index is 1.31. The van der Waals surface area contributed by atoms with Gasteiger partial charge in [0.05, 0.1) is 24.1 Å². The fraction of sp³-hybridized carbons (Fsp3) is 0.143. The molecule has 0 aliphatic heterocycles. The zero-order valence-electron chi connectivity index (χ0n) is 20.7. The van der Waals surface area contributed by atoms with Gasteiger partial charge in [0.15, 0.2) is 11.8 Å². The van der Waals surface area contributed by atoms with Crippen molar-refractivity contribution in [2.24, 2.45) is 0 Å². The van der Waals surface area contributed by atoms with E-state index in [2.05, 4.69) is 20.6 Å². The number of halogens is 3. The topological polar surface area (TPSA) is 126 Å². The Morgan fingerprint density at radius 1 is 0.975 bits per heavy atom. The average molecular weight is 550 g/mol. The van der Waals surface area contributed by atoms with Crippen molar-refractivity contribution in [1.29, 1.82) is 0 Å². The monoisotopic (exact) mass is 549 g/mol. The predicted molar refractivity (Wildman–Crippen MR) is 136 cm³/mol. The highest BCUT2D eigenvalue weighted by Gasteiger charge is 2.40. The molecule has 204 valence electrons. The van der Waals surface area contributed by atoms with Crippen LogP contribution in [0, 0.1) is 0 Å². The van der Waals surface area contributed by atoms with Gasteiger partial charge in [-0.1, -0.05) is 71.9 Å². The van der Waals surface area contributed by atoms with Crippen molar-refractivity contribution in [3.05, 3.63) is 107 Å². The van der Waals surface area contributed by atoms with E-state index in [1.807, 2.05) is 0 Å². The lowest BCUT2D eigenvalue weighted by molar-refractivity contribution is -0.142. The number of benzene rings is 3. The van der Waals surface area contributed by atoms with Gasteiger partial charge >= 0.3 is 6.18 Å². The maximum Gasteiger partial charge on any atom is 0.434 e. The molecule has 1 unspecified atom stereocenters. The molecule has 0 bridgehead atoms. The standard InChI is InChI=1S/C28H22F3N5O4/c29-28(30,31)24-22(15-33-36(24)21-4-2-1-3-5-21)27-34-25(35-40-27)20-12-10-19(11-13-20)23(38)26(39)32-14-17-6-8-18(16-37)9-7-17/h1-13,15,23,37-38H,14,16H2,(H,32,39). The smallest absolute Gasteiger partial charge is 0.392 e. The van der Waals surface area contributed by atoms with Gasteiger partial charge in [0.1, 0.15) is 0 Å². The fourth-order valence-corrected chi connectivity index (χ4v) is 4.01. The molecule has 2 aromatic heterocycles. The van der Waals surface area contributed by atoms with Gasteiger partial charge in [0.25, 0.3) is 11.8 Å². The lowest BCUT2D eigenvalue weighted by Crippen LogP contribution is -2.28. The first-order chi connectivity index (χ1) is 19.2. The van der Waals surface area contributed by atoms with Gasteiger partial charge in [0, 0.05) is 12.1 Å². The van der Waals surface area contributed by atoms with E-state index in [1.54, 1.807) is 42.5 Å². The van der Waals surface area contributed by atoms with Gasteiger partial charge in [-0.15, -0.1) is 0 Å². The summed E-state index contributed by atoms with van der Waals surface area (Å²) < 4.78 is 47.9. The molecule has 9 nitrogen and oxygen atoms in total. The van der Waals surface area contributed by atoms with Crippen molar-refractivity contribution in [2.75, 3.05) is 0 Å². The molecule has 0 fully saturated rings. The number of amides is 1. The molecule has 12 heteroatoms. The van der Waals surface area contributed by atoms with Crippen LogP contribution in [-0.2, 0) is 24.1 Å². The number of hydrogen-bond donors (Lipinski definition) is 3. The number of nitrogens with one attached hydrogen (secondary N) is 1. The maximum atomic E-state index is 14.0. The second-order valence-corrected chi connectivity index (χ2v) is 8.79. The minimum absolute atomic E-state index is 0.0207. The number of aromatic nitrogens is 4. The Labute approximate surface area is 225 Å². The van der Waals surface area contributed by atoms with Crippen LogP contribution in [0.1, 0.15) is 28.5 Å². The van der Waals surface area contributed by atoms with Gasteiger partial charge in [-0.25, -0.2) is 4.68 Å². The van der Waals surface area contributed by atoms with Crippen molar-refractivity contribution in [2.45, 2.75) is 25.4 Å². The normalized spacial score (nSPS) is 12.3. The molecule has 5 rings (SSSR count). The third kappa shape index (κ3) is 5.63. The minimum atomic E-state index is -4.75. The molecule has 40 heavy (non-hydrogen) atoms. The number of hydrogen-bond acceptors (Lipinski definition) is 7. The van der Waals surface area contributed by atoms with E-state index in [9.17, 15) is 23.1 Å². The molecule has 0 radical (unpaired) electrons. The third-order valence-corrected chi connectivity index (χ3v) is 6.10. The Kier molecular flexibility index (Phi) is 7.45. The number of aliphatic hydroxyl groups excluding tert-OH is 2. The quantitative estimate of drug-likeness (QED) is 0.261. The molecule has 5 aromatic rings. The van der Waals surface area contributed by atoms with Crippen molar-refractivity contribution in [1.82, 2.24) is 25.2 Å². The summed E-state index contributed by atoms with van der Waals surface area (Å²) in [7, 11) is 0. The largest absolute Gasteiger partial charge is 0.434 e. The molecule has 1 atom stereocenters. The van der Waals surface area contributed by atoms with Crippen LogP contribution in [0.15, 0.2) is 89.6 Å². The van der Waals surface area contributed by atoms with Crippen LogP contribution in [0.2, 0.25) is 0 Å².